The number of fused-ring (bicyclic) bond motifs is 2. The van der Waals surface area contributed by atoms with Gasteiger partial charge in [0.15, 0.2) is 28.8 Å². The minimum Gasteiger partial charge on any atom is -0.496 e. The molecule has 2 aliphatic heterocycles. The Morgan fingerprint density at radius 1 is 0.944 bits per heavy atom. The Hall–Kier alpha value is -3.99. The van der Waals surface area contributed by atoms with Crippen molar-refractivity contribution in [3.05, 3.63) is 41.0 Å². The van der Waals surface area contributed by atoms with Gasteiger partial charge in [-0.15, -0.1) is 0 Å². The summed E-state index contributed by atoms with van der Waals surface area (Å²) in [5.41, 5.74) is 2.08. The van der Waals surface area contributed by atoms with Gasteiger partial charge in [0.2, 0.25) is 6.79 Å². The first-order valence-corrected chi connectivity index (χ1v) is 11.4. The lowest BCUT2D eigenvalue weighted by molar-refractivity contribution is 0.0413. The molecule has 5 rings (SSSR count). The highest BCUT2D eigenvalue weighted by Gasteiger charge is 2.37. The zero-order chi connectivity index (χ0) is 25.2. The maximum atomic E-state index is 13.4. The molecule has 1 amide bonds. The Balaban J connectivity index is 1.54. The van der Waals surface area contributed by atoms with Gasteiger partial charge in [-0.3, -0.25) is 4.79 Å². The second-order valence-corrected chi connectivity index (χ2v) is 8.30. The molecule has 2 aromatic rings. The van der Waals surface area contributed by atoms with Crippen molar-refractivity contribution in [2.45, 2.75) is 12.3 Å². The summed E-state index contributed by atoms with van der Waals surface area (Å²) in [5, 5.41) is 4.28. The fraction of sp³-hybridized carbons (Fsp3) is 0.400. The van der Waals surface area contributed by atoms with E-state index in [2.05, 4.69) is 5.16 Å². The van der Waals surface area contributed by atoms with Gasteiger partial charge in [-0.25, -0.2) is 4.79 Å². The van der Waals surface area contributed by atoms with Gasteiger partial charge in [0, 0.05) is 48.2 Å². The molecule has 2 aromatic carbocycles. The van der Waals surface area contributed by atoms with E-state index in [1.54, 1.807) is 30.2 Å². The molecule has 190 valence electrons. The lowest BCUT2D eigenvalue weighted by Gasteiger charge is -2.28. The van der Waals surface area contributed by atoms with Crippen LogP contribution in [-0.4, -0.2) is 76.9 Å². The second-order valence-electron chi connectivity index (χ2n) is 8.30. The lowest BCUT2D eigenvalue weighted by Crippen LogP contribution is -2.42. The molecule has 1 saturated heterocycles. The van der Waals surface area contributed by atoms with Crippen LogP contribution in [0.3, 0.4) is 0 Å². The highest BCUT2D eigenvalue weighted by atomic mass is 16.7. The highest BCUT2D eigenvalue weighted by molar-refractivity contribution is 6.19. The lowest BCUT2D eigenvalue weighted by atomic mass is 9.77. The van der Waals surface area contributed by atoms with Crippen LogP contribution in [0.2, 0.25) is 0 Å². The summed E-state index contributed by atoms with van der Waals surface area (Å²) in [4.78, 5) is 32.8. The number of ketones is 1. The predicted molar refractivity (Wildman–Crippen MR) is 126 cm³/mol. The Morgan fingerprint density at radius 3 is 2.33 bits per heavy atom. The number of hydrogen-bond acceptors (Lipinski definition) is 10. The summed E-state index contributed by atoms with van der Waals surface area (Å²) in [5.74, 6) is 1.45. The highest BCUT2D eigenvalue weighted by Crippen LogP contribution is 2.46. The van der Waals surface area contributed by atoms with Crippen LogP contribution in [-0.2, 0) is 9.57 Å². The van der Waals surface area contributed by atoms with Crippen LogP contribution in [0.4, 0.5) is 4.79 Å². The summed E-state index contributed by atoms with van der Waals surface area (Å²) < 4.78 is 33.0. The van der Waals surface area contributed by atoms with Crippen molar-refractivity contribution in [2.24, 2.45) is 5.16 Å². The molecular formula is C25H26N2O9. The molecule has 11 nitrogen and oxygen atoms in total. The Labute approximate surface area is 207 Å². The monoisotopic (exact) mass is 498 g/mol. The van der Waals surface area contributed by atoms with Gasteiger partial charge in [0.1, 0.15) is 12.9 Å². The van der Waals surface area contributed by atoms with Crippen molar-refractivity contribution in [3.8, 4) is 28.7 Å². The van der Waals surface area contributed by atoms with Gasteiger partial charge in [-0.1, -0.05) is 5.16 Å². The Kier molecular flexibility index (Phi) is 6.55. The number of morpholine rings is 1. The molecule has 36 heavy (non-hydrogen) atoms. The first-order valence-electron chi connectivity index (χ1n) is 11.4. The number of methoxy groups -OCH3 is 2. The van der Waals surface area contributed by atoms with Crippen LogP contribution in [0, 0.1) is 0 Å². The van der Waals surface area contributed by atoms with Crippen molar-refractivity contribution in [1.82, 2.24) is 4.90 Å². The zero-order valence-electron chi connectivity index (χ0n) is 20.2. The number of amides is 1. The summed E-state index contributed by atoms with van der Waals surface area (Å²) in [7, 11) is 4.45. The maximum Gasteiger partial charge on any atom is 0.415 e. The van der Waals surface area contributed by atoms with E-state index in [0.29, 0.717) is 66.0 Å². The van der Waals surface area contributed by atoms with Crippen LogP contribution < -0.4 is 23.7 Å². The van der Waals surface area contributed by atoms with Gasteiger partial charge < -0.3 is 38.2 Å². The van der Waals surface area contributed by atoms with Gasteiger partial charge in [0.25, 0.3) is 0 Å². The molecule has 0 radical (unpaired) electrons. The van der Waals surface area contributed by atoms with Crippen molar-refractivity contribution in [3.63, 3.8) is 0 Å². The summed E-state index contributed by atoms with van der Waals surface area (Å²) >= 11 is 0. The average molecular weight is 498 g/mol. The smallest absolute Gasteiger partial charge is 0.415 e. The van der Waals surface area contributed by atoms with Crippen molar-refractivity contribution < 1.29 is 42.8 Å². The molecule has 0 saturated carbocycles. The average Bonchev–Trinajstić information content (AvgIpc) is 3.37. The Morgan fingerprint density at radius 2 is 1.64 bits per heavy atom. The van der Waals surface area contributed by atoms with E-state index < -0.39 is 12.0 Å². The van der Waals surface area contributed by atoms with Crippen molar-refractivity contribution in [1.29, 1.82) is 0 Å². The summed E-state index contributed by atoms with van der Waals surface area (Å²) in [6.45, 7) is 1.84. The molecule has 3 aliphatic rings. The van der Waals surface area contributed by atoms with E-state index in [1.165, 1.54) is 20.3 Å². The van der Waals surface area contributed by atoms with Crippen molar-refractivity contribution >= 4 is 17.6 Å². The van der Waals surface area contributed by atoms with Gasteiger partial charge in [-0.05, 0) is 18.2 Å². The standard InChI is InChI=1S/C25H26N2O9/c1-30-19-12-22-21(34-13-35-22)10-15(19)16-8-18(28)14-9-23(36-25(29)27-4-6-33-7-5-27)20(31-2)11-17(14)24(16)26-32-3/h9-12,16H,4-8,13H2,1-3H3. The van der Waals surface area contributed by atoms with Crippen LogP contribution >= 0.6 is 0 Å². The second kappa shape index (κ2) is 9.94. The quantitative estimate of drug-likeness (QED) is 0.574. The third-order valence-corrected chi connectivity index (χ3v) is 6.36. The number of oxime groups is 1. The number of Topliss-reactive ketones (excluding diaryl/α,β-unsaturated/α-hetero) is 1. The fourth-order valence-electron chi connectivity index (χ4n) is 4.58. The number of rotatable bonds is 5. The molecule has 0 spiro atoms. The molecule has 2 heterocycles. The number of carbonyl (C=O) groups excluding carboxylic acids is 2. The number of nitrogens with zero attached hydrogens (tertiary/aromatic N) is 2. The zero-order valence-corrected chi connectivity index (χ0v) is 20.2. The van der Waals surface area contributed by atoms with E-state index in [-0.39, 0.29) is 30.5 Å². The third kappa shape index (κ3) is 4.26. The number of benzene rings is 2. The molecule has 0 aromatic heterocycles. The van der Waals surface area contributed by atoms with Gasteiger partial charge >= 0.3 is 6.09 Å². The summed E-state index contributed by atoms with van der Waals surface area (Å²) in [6.07, 6.45) is -0.442. The van der Waals surface area contributed by atoms with Gasteiger partial charge in [0.05, 0.1) is 33.1 Å². The number of carbonyl (C=O) groups is 2. The largest absolute Gasteiger partial charge is 0.496 e. The maximum absolute atomic E-state index is 13.4. The van der Waals surface area contributed by atoms with Crippen molar-refractivity contribution in [2.75, 3.05) is 54.4 Å². The number of hydrogen-bond donors (Lipinski definition) is 0. The van der Waals surface area contributed by atoms with E-state index in [4.69, 9.17) is 33.3 Å². The fourth-order valence-corrected chi connectivity index (χ4v) is 4.58. The van der Waals surface area contributed by atoms with Gasteiger partial charge in [-0.2, -0.15) is 0 Å². The first kappa shape index (κ1) is 23.7. The minimum absolute atomic E-state index is 0.0916. The first-order chi connectivity index (χ1) is 17.5. The van der Waals surface area contributed by atoms with E-state index in [0.717, 1.165) is 0 Å². The van der Waals surface area contributed by atoms with Crippen LogP contribution in [0.5, 0.6) is 28.7 Å². The summed E-state index contributed by atoms with van der Waals surface area (Å²) in [6, 6.07) is 6.69. The molecule has 1 atom stereocenters. The van der Waals surface area contributed by atoms with Crippen LogP contribution in [0.15, 0.2) is 29.4 Å². The molecule has 11 heteroatoms. The van der Waals surface area contributed by atoms with Crippen LogP contribution in [0.25, 0.3) is 0 Å². The topological polar surface area (TPSA) is 114 Å². The minimum atomic E-state index is -0.534. The van der Waals surface area contributed by atoms with E-state index >= 15 is 0 Å². The molecule has 1 unspecified atom stereocenters. The predicted octanol–water partition coefficient (Wildman–Crippen LogP) is 2.98. The van der Waals surface area contributed by atoms with E-state index in [1.807, 2.05) is 0 Å². The van der Waals surface area contributed by atoms with Crippen LogP contribution in [0.1, 0.15) is 33.8 Å². The van der Waals surface area contributed by atoms with E-state index in [9.17, 15) is 9.59 Å². The third-order valence-electron chi connectivity index (χ3n) is 6.36. The molecule has 0 bridgehead atoms. The molecule has 1 aliphatic carbocycles. The Bertz CT molecular complexity index is 1220. The molecule has 0 N–H and O–H groups in total. The SMILES string of the molecule is CON=C1c2cc(OC)c(OC(=O)N3CCOCC3)cc2C(=O)CC1c1cc2c(cc1OC)OCO2. The molecule has 1 fully saturated rings. The number of ether oxygens (including phenoxy) is 6. The molecular weight excluding hydrogens is 472 g/mol. The normalized spacial score (nSPS) is 19.6.